The Hall–Kier alpha value is -1.09. The van der Waals surface area contributed by atoms with Crippen LogP contribution in [0, 0.1) is 0 Å². The summed E-state index contributed by atoms with van der Waals surface area (Å²) >= 11 is 0. The van der Waals surface area contributed by atoms with Crippen molar-refractivity contribution in [3.05, 3.63) is 23.8 Å². The first-order valence-corrected chi connectivity index (χ1v) is 6.37. The summed E-state index contributed by atoms with van der Waals surface area (Å²) in [5, 5.41) is 8.61. The Morgan fingerprint density at radius 2 is 2.12 bits per heavy atom. The summed E-state index contributed by atoms with van der Waals surface area (Å²) in [6, 6.07) is 0.816. The Balaban J connectivity index is 2.18. The predicted octanol–water partition coefficient (Wildman–Crippen LogP) is 2.84. The summed E-state index contributed by atoms with van der Waals surface area (Å²) < 4.78 is 0. The number of carboxylic acids is 1. The molecule has 1 rings (SSSR count). The van der Waals surface area contributed by atoms with Crippen molar-refractivity contribution >= 4 is 5.97 Å². The van der Waals surface area contributed by atoms with Crippen molar-refractivity contribution in [1.29, 1.82) is 0 Å². The van der Waals surface area contributed by atoms with Gasteiger partial charge in [-0.05, 0) is 39.7 Å². The highest BCUT2D eigenvalue weighted by molar-refractivity contribution is 5.67. The molecular formula is C14H23NO2. The van der Waals surface area contributed by atoms with Crippen molar-refractivity contribution in [3.8, 4) is 0 Å². The van der Waals surface area contributed by atoms with Gasteiger partial charge in [-0.3, -0.25) is 4.79 Å². The van der Waals surface area contributed by atoms with Crippen LogP contribution in [0.4, 0.5) is 0 Å². The second kappa shape index (κ2) is 7.28. The van der Waals surface area contributed by atoms with Gasteiger partial charge in [0.25, 0.3) is 0 Å². The first-order chi connectivity index (χ1) is 8.13. The van der Waals surface area contributed by atoms with Crippen LogP contribution >= 0.6 is 0 Å². The number of aliphatic carboxylic acids is 1. The maximum absolute atomic E-state index is 10.5. The Kier molecular flexibility index (Phi) is 5.98. The minimum Gasteiger partial charge on any atom is -0.481 e. The number of hydrogen-bond acceptors (Lipinski definition) is 2. The van der Waals surface area contributed by atoms with Crippen molar-refractivity contribution in [2.24, 2.45) is 0 Å². The van der Waals surface area contributed by atoms with Crippen LogP contribution in [0.1, 0.15) is 39.0 Å². The van der Waals surface area contributed by atoms with E-state index in [4.69, 9.17) is 5.11 Å². The molecule has 0 heterocycles. The third-order valence-corrected chi connectivity index (χ3v) is 3.15. The predicted molar refractivity (Wildman–Crippen MR) is 70.0 cm³/mol. The highest BCUT2D eigenvalue weighted by atomic mass is 16.4. The van der Waals surface area contributed by atoms with Gasteiger partial charge in [0.1, 0.15) is 0 Å². The van der Waals surface area contributed by atoms with Crippen molar-refractivity contribution in [3.63, 3.8) is 0 Å². The first kappa shape index (κ1) is 14.0. The van der Waals surface area contributed by atoms with Crippen LogP contribution in [0.15, 0.2) is 23.8 Å². The summed E-state index contributed by atoms with van der Waals surface area (Å²) in [7, 11) is 2.17. The molecule has 0 aromatic carbocycles. The maximum atomic E-state index is 10.5. The quantitative estimate of drug-likeness (QED) is 0.660. The smallest absolute Gasteiger partial charge is 0.303 e. The van der Waals surface area contributed by atoms with E-state index in [0.29, 0.717) is 6.42 Å². The van der Waals surface area contributed by atoms with E-state index < -0.39 is 5.97 Å². The number of allylic oxidation sites excluding steroid dienone is 3. The third kappa shape index (κ3) is 6.27. The molecule has 0 aliphatic heterocycles. The van der Waals surface area contributed by atoms with Gasteiger partial charge < -0.3 is 10.0 Å². The average Bonchev–Trinajstić information content (AvgIpc) is 3.11. The van der Waals surface area contributed by atoms with Gasteiger partial charge in [-0.15, -0.1) is 0 Å². The lowest BCUT2D eigenvalue weighted by Crippen LogP contribution is -2.21. The minimum atomic E-state index is -0.730. The molecule has 0 aromatic heterocycles. The number of rotatable bonds is 8. The lowest BCUT2D eigenvalue weighted by molar-refractivity contribution is -0.136. The van der Waals surface area contributed by atoms with Crippen LogP contribution in [0.5, 0.6) is 0 Å². The van der Waals surface area contributed by atoms with Crippen LogP contribution in [0.3, 0.4) is 0 Å². The molecule has 3 heteroatoms. The normalized spacial score (nSPS) is 17.0. The van der Waals surface area contributed by atoms with E-state index in [2.05, 4.69) is 24.1 Å². The van der Waals surface area contributed by atoms with Gasteiger partial charge in [0.05, 0.1) is 0 Å². The standard InChI is InChI=1S/C14H23NO2/c1-3-12(7-10-14(16)17)6-4-5-11-15(2)13-8-9-13/h3-4,6,13H,5,7-11H2,1-2H3,(H,16,17)/b6-4-,12-3+. The van der Waals surface area contributed by atoms with E-state index in [-0.39, 0.29) is 6.42 Å². The second-order valence-corrected chi connectivity index (χ2v) is 4.66. The van der Waals surface area contributed by atoms with Crippen molar-refractivity contribution < 1.29 is 9.90 Å². The number of carbonyl (C=O) groups is 1. The van der Waals surface area contributed by atoms with Gasteiger partial charge in [-0.25, -0.2) is 0 Å². The van der Waals surface area contributed by atoms with Crippen molar-refractivity contribution in [1.82, 2.24) is 4.90 Å². The third-order valence-electron chi connectivity index (χ3n) is 3.15. The SMILES string of the molecule is C/C=C(\C=C/CCN(C)C1CC1)CCC(=O)O. The maximum Gasteiger partial charge on any atom is 0.303 e. The Morgan fingerprint density at radius 1 is 1.41 bits per heavy atom. The van der Waals surface area contributed by atoms with E-state index >= 15 is 0 Å². The Morgan fingerprint density at radius 3 is 2.65 bits per heavy atom. The molecule has 0 saturated heterocycles. The molecule has 0 aromatic rings. The molecule has 1 fully saturated rings. The second-order valence-electron chi connectivity index (χ2n) is 4.66. The van der Waals surface area contributed by atoms with Gasteiger partial charge in [0, 0.05) is 19.0 Å². The van der Waals surface area contributed by atoms with Crippen LogP contribution in [-0.2, 0) is 4.79 Å². The van der Waals surface area contributed by atoms with Crippen LogP contribution < -0.4 is 0 Å². The lowest BCUT2D eigenvalue weighted by atomic mass is 10.1. The van der Waals surface area contributed by atoms with E-state index in [1.807, 2.05) is 13.0 Å². The number of nitrogens with zero attached hydrogens (tertiary/aromatic N) is 1. The van der Waals surface area contributed by atoms with Crippen LogP contribution in [-0.4, -0.2) is 35.6 Å². The molecule has 17 heavy (non-hydrogen) atoms. The summed E-state index contributed by atoms with van der Waals surface area (Å²) in [6.45, 7) is 3.05. The molecule has 0 radical (unpaired) electrons. The summed E-state index contributed by atoms with van der Waals surface area (Å²) in [5.74, 6) is -0.730. The van der Waals surface area contributed by atoms with Crippen molar-refractivity contribution in [2.45, 2.75) is 45.1 Å². The molecular weight excluding hydrogens is 214 g/mol. The molecule has 3 nitrogen and oxygen atoms in total. The molecule has 1 aliphatic rings. The largest absolute Gasteiger partial charge is 0.481 e. The molecule has 1 N–H and O–H groups in total. The molecule has 0 spiro atoms. The first-order valence-electron chi connectivity index (χ1n) is 6.37. The highest BCUT2D eigenvalue weighted by Crippen LogP contribution is 2.25. The van der Waals surface area contributed by atoms with Gasteiger partial charge in [0.15, 0.2) is 0 Å². The summed E-state index contributed by atoms with van der Waals surface area (Å²) in [4.78, 5) is 12.9. The number of hydrogen-bond donors (Lipinski definition) is 1. The van der Waals surface area contributed by atoms with Crippen LogP contribution in [0.2, 0.25) is 0 Å². The molecule has 1 aliphatic carbocycles. The topological polar surface area (TPSA) is 40.5 Å². The highest BCUT2D eigenvalue weighted by Gasteiger charge is 2.24. The zero-order valence-corrected chi connectivity index (χ0v) is 10.9. The summed E-state index contributed by atoms with van der Waals surface area (Å²) in [6.07, 6.45) is 10.8. The fraction of sp³-hybridized carbons (Fsp3) is 0.643. The van der Waals surface area contributed by atoms with Gasteiger partial charge in [0.2, 0.25) is 0 Å². The molecule has 0 unspecified atom stereocenters. The molecule has 0 bridgehead atoms. The minimum absolute atomic E-state index is 0.214. The number of carboxylic acid groups (broad SMARTS) is 1. The Labute approximate surface area is 104 Å². The van der Waals surface area contributed by atoms with E-state index in [0.717, 1.165) is 24.6 Å². The van der Waals surface area contributed by atoms with Gasteiger partial charge in [-0.2, -0.15) is 0 Å². The zero-order valence-electron chi connectivity index (χ0n) is 10.9. The van der Waals surface area contributed by atoms with Crippen LogP contribution in [0.25, 0.3) is 0 Å². The van der Waals surface area contributed by atoms with Crippen molar-refractivity contribution in [2.75, 3.05) is 13.6 Å². The van der Waals surface area contributed by atoms with Gasteiger partial charge in [-0.1, -0.05) is 23.8 Å². The van der Waals surface area contributed by atoms with E-state index in [1.54, 1.807) is 0 Å². The van der Waals surface area contributed by atoms with E-state index in [9.17, 15) is 4.79 Å². The zero-order chi connectivity index (χ0) is 12.7. The lowest BCUT2D eigenvalue weighted by Gasteiger charge is -2.13. The monoisotopic (exact) mass is 237 g/mol. The molecule has 0 amide bonds. The Bertz CT molecular complexity index is 303. The average molecular weight is 237 g/mol. The summed E-state index contributed by atoms with van der Waals surface area (Å²) in [5.41, 5.74) is 1.11. The van der Waals surface area contributed by atoms with Gasteiger partial charge >= 0.3 is 5.97 Å². The van der Waals surface area contributed by atoms with E-state index in [1.165, 1.54) is 12.8 Å². The molecule has 0 atom stereocenters. The fourth-order valence-electron chi connectivity index (χ4n) is 1.79. The molecule has 96 valence electrons. The molecule has 1 saturated carbocycles. The fourth-order valence-corrected chi connectivity index (χ4v) is 1.79.